The summed E-state index contributed by atoms with van der Waals surface area (Å²) in [6, 6.07) is 20.2. The number of Topliss-reactive ketones (excluding diaryl/α,β-unsaturated/α-hetero) is 1. The molecule has 0 aliphatic carbocycles. The van der Waals surface area contributed by atoms with E-state index >= 15 is 0 Å². The van der Waals surface area contributed by atoms with E-state index in [1.165, 1.54) is 40.7 Å². The van der Waals surface area contributed by atoms with Crippen molar-refractivity contribution >= 4 is 51.6 Å². The summed E-state index contributed by atoms with van der Waals surface area (Å²) >= 11 is 2.66. The molecule has 0 radical (unpaired) electrons. The molecule has 1 saturated heterocycles. The molecule has 1 fully saturated rings. The number of rotatable bonds is 11. The number of amides is 1. The summed E-state index contributed by atoms with van der Waals surface area (Å²) in [5, 5.41) is 20.2. The lowest BCUT2D eigenvalue weighted by Gasteiger charge is -2.22. The quantitative estimate of drug-likeness (QED) is 0.0366. The van der Waals surface area contributed by atoms with E-state index in [4.69, 9.17) is 9.47 Å². The van der Waals surface area contributed by atoms with Crippen LogP contribution in [0.4, 0.5) is 5.13 Å². The monoisotopic (exact) mass is 629 g/mol. The molecule has 1 aliphatic heterocycles. The Balaban J connectivity index is 1.50. The van der Waals surface area contributed by atoms with Crippen LogP contribution in [-0.4, -0.2) is 46.7 Å². The molecule has 11 heteroatoms. The number of anilines is 1. The predicted octanol–water partition coefficient (Wildman–Crippen LogP) is 6.73. The van der Waals surface area contributed by atoms with Gasteiger partial charge in [-0.3, -0.25) is 14.5 Å². The van der Waals surface area contributed by atoms with E-state index in [2.05, 4.69) is 17.1 Å². The van der Waals surface area contributed by atoms with Gasteiger partial charge in [-0.15, -0.1) is 10.2 Å². The number of methoxy groups -OCH3 is 1. The van der Waals surface area contributed by atoms with Gasteiger partial charge in [-0.1, -0.05) is 78.4 Å². The van der Waals surface area contributed by atoms with Crippen LogP contribution in [0.25, 0.3) is 5.76 Å². The van der Waals surface area contributed by atoms with E-state index in [-0.39, 0.29) is 16.5 Å². The fourth-order valence-electron chi connectivity index (χ4n) is 4.65. The third-order valence-corrected chi connectivity index (χ3v) is 9.20. The second-order valence-electron chi connectivity index (χ2n) is 10.1. The molecule has 9 nitrogen and oxygen atoms in total. The van der Waals surface area contributed by atoms with Crippen molar-refractivity contribution in [1.29, 1.82) is 0 Å². The molecule has 1 N–H and O–H groups in total. The molecule has 0 unspecified atom stereocenters. The van der Waals surface area contributed by atoms with E-state index in [1.54, 1.807) is 48.5 Å². The van der Waals surface area contributed by atoms with Crippen molar-refractivity contribution in [2.45, 2.75) is 42.8 Å². The number of ether oxygens (including phenoxy) is 2. The highest BCUT2D eigenvalue weighted by molar-refractivity contribution is 8.00. The van der Waals surface area contributed by atoms with Gasteiger partial charge in [0.15, 0.2) is 4.34 Å². The van der Waals surface area contributed by atoms with Crippen LogP contribution >= 0.6 is 23.1 Å². The van der Waals surface area contributed by atoms with Gasteiger partial charge in [0.25, 0.3) is 5.78 Å². The van der Waals surface area contributed by atoms with Crippen LogP contribution in [0.3, 0.4) is 0 Å². The van der Waals surface area contributed by atoms with Crippen LogP contribution < -0.4 is 9.64 Å². The van der Waals surface area contributed by atoms with E-state index in [1.807, 2.05) is 31.2 Å². The number of aliphatic hydroxyl groups is 1. The van der Waals surface area contributed by atoms with Crippen LogP contribution in [-0.2, 0) is 20.1 Å². The van der Waals surface area contributed by atoms with Crippen molar-refractivity contribution < 1.29 is 29.0 Å². The minimum Gasteiger partial charge on any atom is -0.507 e. The van der Waals surface area contributed by atoms with Crippen LogP contribution in [0.1, 0.15) is 58.4 Å². The third-order valence-electron chi connectivity index (χ3n) is 7.07. The van der Waals surface area contributed by atoms with Crippen LogP contribution in [0.5, 0.6) is 5.75 Å². The van der Waals surface area contributed by atoms with Gasteiger partial charge in [0.1, 0.15) is 11.5 Å². The molecule has 0 saturated carbocycles. The summed E-state index contributed by atoms with van der Waals surface area (Å²) in [4.78, 5) is 40.4. The Morgan fingerprint density at radius 1 is 0.977 bits per heavy atom. The smallest absolute Gasteiger partial charge is 0.337 e. The highest BCUT2D eigenvalue weighted by Gasteiger charge is 2.48. The molecule has 44 heavy (non-hydrogen) atoms. The molecule has 1 amide bonds. The molecular weight excluding hydrogens is 599 g/mol. The van der Waals surface area contributed by atoms with Gasteiger partial charge in [0, 0.05) is 11.3 Å². The number of nitrogens with zero attached hydrogens (tertiary/aromatic N) is 3. The zero-order valence-electron chi connectivity index (χ0n) is 24.5. The maximum Gasteiger partial charge on any atom is 0.337 e. The Morgan fingerprint density at radius 2 is 1.66 bits per heavy atom. The molecule has 0 spiro atoms. The lowest BCUT2D eigenvalue weighted by molar-refractivity contribution is -0.132. The molecular formula is C33H31N3O6S2. The van der Waals surface area contributed by atoms with Crippen molar-refractivity contribution in [3.05, 3.63) is 106 Å². The summed E-state index contributed by atoms with van der Waals surface area (Å²) in [6.07, 6.45) is 1.92. The molecule has 1 atom stereocenters. The Labute approximate surface area is 263 Å². The highest BCUT2D eigenvalue weighted by atomic mass is 32.2. The summed E-state index contributed by atoms with van der Waals surface area (Å²) in [7, 11) is 1.29. The average molecular weight is 630 g/mol. The number of aliphatic hydroxyl groups excluding tert-OH is 1. The molecule has 4 aromatic rings. The van der Waals surface area contributed by atoms with Gasteiger partial charge in [0.05, 0.1) is 30.9 Å². The van der Waals surface area contributed by atoms with Gasteiger partial charge in [-0.2, -0.15) is 0 Å². The van der Waals surface area contributed by atoms with Gasteiger partial charge in [-0.25, -0.2) is 4.79 Å². The number of carbonyl (C=O) groups excluding carboxylic acids is 3. The predicted molar refractivity (Wildman–Crippen MR) is 170 cm³/mol. The Morgan fingerprint density at radius 3 is 2.32 bits per heavy atom. The summed E-state index contributed by atoms with van der Waals surface area (Å²) in [6.45, 7) is 4.67. The largest absolute Gasteiger partial charge is 0.507 e. The maximum atomic E-state index is 13.5. The first-order valence-corrected chi connectivity index (χ1v) is 15.8. The SMILES string of the molecule is CCCCOc1ccc(C(O)=C2C(=O)C(=O)N(c3nnc(SCc4ccc(C)cc4)s3)[C@@H]2c2ccc(C(=O)OC)cc2)cc1. The van der Waals surface area contributed by atoms with Gasteiger partial charge >= 0.3 is 11.9 Å². The number of aromatic nitrogens is 2. The molecule has 0 bridgehead atoms. The number of thioether (sulfide) groups is 1. The highest BCUT2D eigenvalue weighted by Crippen LogP contribution is 2.44. The topological polar surface area (TPSA) is 119 Å². The number of hydrogen-bond donors (Lipinski definition) is 1. The zero-order chi connectivity index (χ0) is 31.2. The summed E-state index contributed by atoms with van der Waals surface area (Å²) in [5.41, 5.74) is 3.35. The molecule has 2 heterocycles. The lowest BCUT2D eigenvalue weighted by atomic mass is 9.94. The summed E-state index contributed by atoms with van der Waals surface area (Å²) in [5.74, 6) is -1.24. The van der Waals surface area contributed by atoms with Gasteiger partial charge < -0.3 is 14.6 Å². The minimum atomic E-state index is -1.01. The number of hydrogen-bond acceptors (Lipinski definition) is 10. The lowest BCUT2D eigenvalue weighted by Crippen LogP contribution is -2.29. The maximum absolute atomic E-state index is 13.5. The number of esters is 1. The van der Waals surface area contributed by atoms with Gasteiger partial charge in [-0.05, 0) is 60.9 Å². The number of carbonyl (C=O) groups is 3. The second kappa shape index (κ2) is 13.9. The standard InChI is InChI=1S/C33H31N3O6S2/c1-4-5-18-42-25-16-14-23(15-17-25)28(37)26-27(22-10-12-24(13-11-22)31(40)41-3)36(30(39)29(26)38)32-34-35-33(44-32)43-19-21-8-6-20(2)7-9-21/h6-17,27,37H,4-5,18-19H2,1-3H3/t27-/m1/s1. The first-order chi connectivity index (χ1) is 21.3. The summed E-state index contributed by atoms with van der Waals surface area (Å²) < 4.78 is 11.2. The number of ketones is 1. The first-order valence-electron chi connectivity index (χ1n) is 14.0. The van der Waals surface area contributed by atoms with Crippen LogP contribution in [0, 0.1) is 6.92 Å². The Hall–Kier alpha value is -4.48. The normalized spacial score (nSPS) is 15.9. The average Bonchev–Trinajstić information content (AvgIpc) is 3.62. The van der Waals surface area contributed by atoms with Crippen molar-refractivity contribution in [3.63, 3.8) is 0 Å². The van der Waals surface area contributed by atoms with E-state index in [0.717, 1.165) is 18.4 Å². The van der Waals surface area contributed by atoms with Crippen LogP contribution in [0.15, 0.2) is 82.7 Å². The van der Waals surface area contributed by atoms with Crippen molar-refractivity contribution in [2.75, 3.05) is 18.6 Å². The first kappa shape index (κ1) is 31.0. The van der Waals surface area contributed by atoms with Crippen LogP contribution in [0.2, 0.25) is 0 Å². The number of unbranched alkanes of at least 4 members (excludes halogenated alkanes) is 1. The van der Waals surface area contributed by atoms with Crippen molar-refractivity contribution in [1.82, 2.24) is 10.2 Å². The second-order valence-corrected chi connectivity index (χ2v) is 12.3. The minimum absolute atomic E-state index is 0.0930. The third kappa shape index (κ3) is 6.68. The molecule has 1 aromatic heterocycles. The molecule has 5 rings (SSSR count). The fourth-order valence-corrected chi connectivity index (χ4v) is 6.47. The molecule has 3 aromatic carbocycles. The number of benzene rings is 3. The Kier molecular flexibility index (Phi) is 9.76. The van der Waals surface area contributed by atoms with E-state index in [9.17, 15) is 19.5 Å². The zero-order valence-corrected chi connectivity index (χ0v) is 26.1. The fraction of sp³-hybridized carbons (Fsp3) is 0.242. The number of aryl methyl sites for hydroxylation is 1. The van der Waals surface area contributed by atoms with Gasteiger partial charge in [0.2, 0.25) is 5.13 Å². The Bertz CT molecular complexity index is 1680. The van der Waals surface area contributed by atoms with E-state index < -0.39 is 23.7 Å². The molecule has 1 aliphatic rings. The van der Waals surface area contributed by atoms with E-state index in [0.29, 0.717) is 39.1 Å². The van der Waals surface area contributed by atoms with Crippen molar-refractivity contribution in [3.8, 4) is 5.75 Å². The molecule has 226 valence electrons. The van der Waals surface area contributed by atoms with Crippen molar-refractivity contribution in [2.24, 2.45) is 0 Å².